The number of carbonyl (C=O) groups is 2. The van der Waals surface area contributed by atoms with Gasteiger partial charge < -0.3 is 15.7 Å². The standard InChI is InChI=1S/C9H18N2O3/c1-4-6(10)8(12)11(3)7(5-2)9(13)14/h6-7H,4-5,10H2,1-3H3,(H,13,14)/t6-,7?/m0/s1. The number of likely N-dealkylation sites (N-methyl/N-ethyl adjacent to an activating group) is 1. The van der Waals surface area contributed by atoms with Crippen LogP contribution in [0.25, 0.3) is 0 Å². The first-order valence-electron chi connectivity index (χ1n) is 4.70. The summed E-state index contributed by atoms with van der Waals surface area (Å²) >= 11 is 0. The lowest BCUT2D eigenvalue weighted by Crippen LogP contribution is -2.48. The van der Waals surface area contributed by atoms with Crippen LogP contribution in [-0.4, -0.2) is 41.0 Å². The highest BCUT2D eigenvalue weighted by Gasteiger charge is 2.27. The van der Waals surface area contributed by atoms with E-state index in [1.165, 1.54) is 11.9 Å². The normalized spacial score (nSPS) is 14.6. The van der Waals surface area contributed by atoms with E-state index < -0.39 is 18.1 Å². The van der Waals surface area contributed by atoms with Crippen molar-refractivity contribution in [1.29, 1.82) is 0 Å². The number of carboxylic acid groups (broad SMARTS) is 1. The van der Waals surface area contributed by atoms with Gasteiger partial charge in [0.05, 0.1) is 6.04 Å². The summed E-state index contributed by atoms with van der Waals surface area (Å²) in [7, 11) is 1.47. The van der Waals surface area contributed by atoms with Crippen LogP contribution in [0.1, 0.15) is 26.7 Å². The predicted octanol–water partition coefficient (Wildman–Crippen LogP) is 0.0453. The molecule has 1 amide bonds. The van der Waals surface area contributed by atoms with Crippen molar-refractivity contribution >= 4 is 11.9 Å². The summed E-state index contributed by atoms with van der Waals surface area (Å²) < 4.78 is 0. The van der Waals surface area contributed by atoms with Crippen molar-refractivity contribution < 1.29 is 14.7 Å². The molecule has 3 N–H and O–H groups in total. The molecule has 5 heteroatoms. The van der Waals surface area contributed by atoms with Crippen LogP contribution in [0.15, 0.2) is 0 Å². The maximum Gasteiger partial charge on any atom is 0.326 e. The Hall–Kier alpha value is -1.10. The number of amides is 1. The molecule has 0 fully saturated rings. The van der Waals surface area contributed by atoms with Gasteiger partial charge in [0, 0.05) is 7.05 Å². The average molecular weight is 202 g/mol. The summed E-state index contributed by atoms with van der Waals surface area (Å²) in [5.74, 6) is -1.31. The predicted molar refractivity (Wildman–Crippen MR) is 52.8 cm³/mol. The summed E-state index contributed by atoms with van der Waals surface area (Å²) in [6.07, 6.45) is 0.896. The van der Waals surface area contributed by atoms with Crippen LogP contribution in [-0.2, 0) is 9.59 Å². The van der Waals surface area contributed by atoms with E-state index in [0.29, 0.717) is 12.8 Å². The second-order valence-electron chi connectivity index (χ2n) is 3.23. The SMILES string of the molecule is CCC(C(=O)O)N(C)C(=O)[C@@H](N)CC. The molecule has 0 radical (unpaired) electrons. The average Bonchev–Trinajstić information content (AvgIpc) is 2.15. The van der Waals surface area contributed by atoms with Crippen LogP contribution in [0, 0.1) is 0 Å². The summed E-state index contributed by atoms with van der Waals surface area (Å²) in [4.78, 5) is 23.5. The molecule has 0 aromatic carbocycles. The zero-order valence-electron chi connectivity index (χ0n) is 8.86. The Kier molecular flexibility index (Phi) is 5.15. The number of hydrogen-bond donors (Lipinski definition) is 2. The van der Waals surface area contributed by atoms with Crippen LogP contribution in [0.5, 0.6) is 0 Å². The fourth-order valence-electron chi connectivity index (χ4n) is 1.20. The minimum atomic E-state index is -0.994. The minimum absolute atomic E-state index is 0.318. The van der Waals surface area contributed by atoms with Crippen molar-refractivity contribution in [3.05, 3.63) is 0 Å². The largest absolute Gasteiger partial charge is 0.480 e. The fourth-order valence-corrected chi connectivity index (χ4v) is 1.20. The Morgan fingerprint density at radius 1 is 1.36 bits per heavy atom. The molecule has 0 aromatic heterocycles. The summed E-state index contributed by atoms with van der Waals surface area (Å²) in [5, 5.41) is 8.81. The number of carbonyl (C=O) groups excluding carboxylic acids is 1. The molecule has 0 bridgehead atoms. The van der Waals surface area contributed by atoms with Crippen molar-refractivity contribution in [2.45, 2.75) is 38.8 Å². The monoisotopic (exact) mass is 202 g/mol. The highest BCUT2D eigenvalue weighted by molar-refractivity contribution is 5.86. The number of rotatable bonds is 5. The van der Waals surface area contributed by atoms with Gasteiger partial charge in [-0.1, -0.05) is 13.8 Å². The first-order valence-corrected chi connectivity index (χ1v) is 4.70. The Balaban J connectivity index is 4.49. The smallest absolute Gasteiger partial charge is 0.326 e. The second-order valence-corrected chi connectivity index (χ2v) is 3.23. The number of nitrogens with zero attached hydrogens (tertiary/aromatic N) is 1. The lowest BCUT2D eigenvalue weighted by atomic mass is 10.1. The summed E-state index contributed by atoms with van der Waals surface area (Å²) in [5.41, 5.74) is 5.53. The van der Waals surface area contributed by atoms with E-state index in [9.17, 15) is 9.59 Å². The third-order valence-electron chi connectivity index (χ3n) is 2.24. The second kappa shape index (κ2) is 5.59. The van der Waals surface area contributed by atoms with Gasteiger partial charge in [-0.2, -0.15) is 0 Å². The van der Waals surface area contributed by atoms with Gasteiger partial charge in [0.2, 0.25) is 5.91 Å². The van der Waals surface area contributed by atoms with Gasteiger partial charge in [-0.15, -0.1) is 0 Å². The molecular formula is C9H18N2O3. The van der Waals surface area contributed by atoms with E-state index in [0.717, 1.165) is 0 Å². The Morgan fingerprint density at radius 3 is 2.14 bits per heavy atom. The van der Waals surface area contributed by atoms with Crippen molar-refractivity contribution in [1.82, 2.24) is 4.90 Å². The molecule has 0 aromatic rings. The summed E-state index contributed by atoms with van der Waals surface area (Å²) in [6, 6.07) is -1.38. The lowest BCUT2D eigenvalue weighted by molar-refractivity contribution is -0.149. The molecule has 2 atom stereocenters. The topological polar surface area (TPSA) is 83.6 Å². The van der Waals surface area contributed by atoms with Gasteiger partial charge in [0.1, 0.15) is 6.04 Å². The van der Waals surface area contributed by atoms with Gasteiger partial charge in [-0.05, 0) is 12.8 Å². The van der Waals surface area contributed by atoms with Crippen molar-refractivity contribution in [3.63, 3.8) is 0 Å². The van der Waals surface area contributed by atoms with Gasteiger partial charge >= 0.3 is 5.97 Å². The van der Waals surface area contributed by atoms with E-state index >= 15 is 0 Å². The molecular weight excluding hydrogens is 184 g/mol. The van der Waals surface area contributed by atoms with Crippen LogP contribution in [0.2, 0.25) is 0 Å². The summed E-state index contributed by atoms with van der Waals surface area (Å²) in [6.45, 7) is 3.51. The van der Waals surface area contributed by atoms with Crippen LogP contribution >= 0.6 is 0 Å². The zero-order chi connectivity index (χ0) is 11.3. The van der Waals surface area contributed by atoms with Gasteiger partial charge in [0.15, 0.2) is 0 Å². The van der Waals surface area contributed by atoms with E-state index in [1.807, 2.05) is 0 Å². The van der Waals surface area contributed by atoms with Gasteiger partial charge in [-0.3, -0.25) is 4.79 Å². The fraction of sp³-hybridized carbons (Fsp3) is 0.778. The third-order valence-corrected chi connectivity index (χ3v) is 2.24. The number of nitrogens with two attached hydrogens (primary N) is 1. The van der Waals surface area contributed by atoms with Crippen molar-refractivity contribution in [2.75, 3.05) is 7.05 Å². The maximum absolute atomic E-state index is 11.5. The van der Waals surface area contributed by atoms with Crippen LogP contribution in [0.4, 0.5) is 0 Å². The molecule has 0 aliphatic carbocycles. The molecule has 82 valence electrons. The molecule has 0 aliphatic rings. The Labute approximate surface area is 83.9 Å². The van der Waals surface area contributed by atoms with Gasteiger partial charge in [-0.25, -0.2) is 4.79 Å². The molecule has 0 aliphatic heterocycles. The first kappa shape index (κ1) is 12.9. The highest BCUT2D eigenvalue weighted by atomic mass is 16.4. The molecule has 5 nitrogen and oxygen atoms in total. The van der Waals surface area contributed by atoms with E-state index in [2.05, 4.69) is 0 Å². The van der Waals surface area contributed by atoms with Crippen LogP contribution in [0.3, 0.4) is 0 Å². The molecule has 0 saturated carbocycles. The van der Waals surface area contributed by atoms with Crippen LogP contribution < -0.4 is 5.73 Å². The maximum atomic E-state index is 11.5. The zero-order valence-corrected chi connectivity index (χ0v) is 8.86. The molecule has 0 saturated heterocycles. The molecule has 1 unspecified atom stereocenters. The van der Waals surface area contributed by atoms with E-state index in [4.69, 9.17) is 10.8 Å². The quantitative estimate of drug-likeness (QED) is 0.659. The Morgan fingerprint density at radius 2 is 1.86 bits per heavy atom. The molecule has 0 rings (SSSR count). The minimum Gasteiger partial charge on any atom is -0.480 e. The highest BCUT2D eigenvalue weighted by Crippen LogP contribution is 2.04. The Bertz CT molecular complexity index is 218. The third kappa shape index (κ3) is 2.99. The number of carboxylic acids is 1. The first-order chi connectivity index (χ1) is 6.45. The van der Waals surface area contributed by atoms with Crippen molar-refractivity contribution in [3.8, 4) is 0 Å². The molecule has 0 heterocycles. The van der Waals surface area contributed by atoms with E-state index in [-0.39, 0.29) is 5.91 Å². The number of aliphatic carboxylic acids is 1. The molecule has 14 heavy (non-hydrogen) atoms. The van der Waals surface area contributed by atoms with Crippen molar-refractivity contribution in [2.24, 2.45) is 5.73 Å². The van der Waals surface area contributed by atoms with E-state index in [1.54, 1.807) is 13.8 Å². The van der Waals surface area contributed by atoms with Gasteiger partial charge in [0.25, 0.3) is 0 Å². The number of hydrogen-bond acceptors (Lipinski definition) is 3. The lowest BCUT2D eigenvalue weighted by Gasteiger charge is -2.26. The molecule has 0 spiro atoms.